The number of nitrogens with one attached hydrogen (secondary N) is 2. The Balaban J connectivity index is 1.89. The van der Waals surface area contributed by atoms with Gasteiger partial charge in [-0.05, 0) is 19.8 Å². The zero-order valence-electron chi connectivity index (χ0n) is 12.0. The maximum absolute atomic E-state index is 11.0. The molecule has 1 amide bonds. The van der Waals surface area contributed by atoms with Crippen molar-refractivity contribution in [2.75, 3.05) is 18.5 Å². The van der Waals surface area contributed by atoms with E-state index in [9.17, 15) is 4.79 Å². The van der Waals surface area contributed by atoms with Crippen LogP contribution in [0, 0.1) is 6.92 Å². The second kappa shape index (κ2) is 6.62. The number of hydrogen-bond acceptors (Lipinski definition) is 6. The van der Waals surface area contributed by atoms with Crippen molar-refractivity contribution in [3.63, 3.8) is 0 Å². The van der Waals surface area contributed by atoms with Crippen LogP contribution in [0.1, 0.15) is 31.3 Å². The number of carbonyl (C=O) groups is 1. The molecule has 0 saturated carbocycles. The first-order chi connectivity index (χ1) is 9.56. The number of likely N-dealkylation sites (tertiary alicyclic amines) is 1. The standard InChI is InChI=1S/C13H22N6O/c1-9-7-12(18-14)17-13(15-9)8-19-5-3-11(4-6-19)16-10(2)20/h7,11H,3-6,8,14H2,1-2H3,(H,16,20)(H,15,17,18). The summed E-state index contributed by atoms with van der Waals surface area (Å²) in [6.07, 6.45) is 1.93. The van der Waals surface area contributed by atoms with E-state index in [0.29, 0.717) is 18.4 Å². The van der Waals surface area contributed by atoms with Gasteiger partial charge in [-0.1, -0.05) is 0 Å². The fraction of sp³-hybridized carbons (Fsp3) is 0.615. The van der Waals surface area contributed by atoms with Gasteiger partial charge >= 0.3 is 0 Å². The van der Waals surface area contributed by atoms with Crippen LogP contribution in [-0.4, -0.2) is 39.9 Å². The molecular weight excluding hydrogens is 256 g/mol. The summed E-state index contributed by atoms with van der Waals surface area (Å²) in [6.45, 7) is 6.08. The summed E-state index contributed by atoms with van der Waals surface area (Å²) in [5.74, 6) is 6.85. The zero-order valence-corrected chi connectivity index (χ0v) is 12.0. The van der Waals surface area contributed by atoms with Crippen molar-refractivity contribution < 1.29 is 4.79 Å². The molecule has 2 heterocycles. The molecule has 1 aliphatic heterocycles. The van der Waals surface area contributed by atoms with Crippen LogP contribution in [-0.2, 0) is 11.3 Å². The molecule has 2 rings (SSSR count). The number of anilines is 1. The highest BCUT2D eigenvalue weighted by molar-refractivity contribution is 5.73. The van der Waals surface area contributed by atoms with Gasteiger partial charge in [0, 0.05) is 37.8 Å². The van der Waals surface area contributed by atoms with E-state index in [1.54, 1.807) is 6.92 Å². The number of nitrogens with two attached hydrogens (primary N) is 1. The number of nitrogen functional groups attached to an aromatic ring is 1. The molecule has 110 valence electrons. The van der Waals surface area contributed by atoms with Gasteiger partial charge in [0.2, 0.25) is 5.91 Å². The number of aryl methyl sites for hydroxylation is 1. The number of nitrogens with zero attached hydrogens (tertiary/aromatic N) is 3. The molecule has 1 aromatic rings. The van der Waals surface area contributed by atoms with E-state index in [1.807, 2.05) is 13.0 Å². The Hall–Kier alpha value is -1.73. The molecule has 0 unspecified atom stereocenters. The van der Waals surface area contributed by atoms with E-state index in [2.05, 4.69) is 25.6 Å². The zero-order chi connectivity index (χ0) is 14.5. The smallest absolute Gasteiger partial charge is 0.217 e. The van der Waals surface area contributed by atoms with Crippen molar-refractivity contribution in [1.29, 1.82) is 0 Å². The third kappa shape index (κ3) is 4.14. The minimum atomic E-state index is 0.0455. The van der Waals surface area contributed by atoms with Crippen LogP contribution in [0.2, 0.25) is 0 Å². The van der Waals surface area contributed by atoms with Gasteiger partial charge in [-0.2, -0.15) is 0 Å². The van der Waals surface area contributed by atoms with Gasteiger partial charge in [0.1, 0.15) is 11.6 Å². The predicted molar refractivity (Wildman–Crippen MR) is 76.7 cm³/mol. The Morgan fingerprint density at radius 1 is 1.45 bits per heavy atom. The van der Waals surface area contributed by atoms with Gasteiger partial charge in [-0.3, -0.25) is 9.69 Å². The summed E-state index contributed by atoms with van der Waals surface area (Å²) in [4.78, 5) is 22.1. The molecule has 0 atom stereocenters. The number of amides is 1. The molecule has 7 heteroatoms. The van der Waals surface area contributed by atoms with Gasteiger partial charge in [0.25, 0.3) is 0 Å². The molecule has 1 saturated heterocycles. The third-order valence-corrected chi connectivity index (χ3v) is 3.41. The van der Waals surface area contributed by atoms with E-state index in [0.717, 1.165) is 37.4 Å². The topological polar surface area (TPSA) is 96.2 Å². The number of hydrazine groups is 1. The van der Waals surface area contributed by atoms with E-state index < -0.39 is 0 Å². The molecule has 7 nitrogen and oxygen atoms in total. The molecule has 20 heavy (non-hydrogen) atoms. The van der Waals surface area contributed by atoms with E-state index >= 15 is 0 Å². The second-order valence-corrected chi connectivity index (χ2v) is 5.21. The Kier molecular flexibility index (Phi) is 4.86. The summed E-state index contributed by atoms with van der Waals surface area (Å²) < 4.78 is 0. The van der Waals surface area contributed by atoms with Crippen LogP contribution >= 0.6 is 0 Å². The Morgan fingerprint density at radius 2 is 2.15 bits per heavy atom. The summed E-state index contributed by atoms with van der Waals surface area (Å²) in [7, 11) is 0. The lowest BCUT2D eigenvalue weighted by Crippen LogP contribution is -2.43. The second-order valence-electron chi connectivity index (χ2n) is 5.21. The highest BCUT2D eigenvalue weighted by Gasteiger charge is 2.20. The molecule has 0 spiro atoms. The Bertz CT molecular complexity index is 470. The molecule has 0 radical (unpaired) electrons. The van der Waals surface area contributed by atoms with E-state index in [1.165, 1.54) is 0 Å². The first-order valence-electron chi connectivity index (χ1n) is 6.87. The lowest BCUT2D eigenvalue weighted by atomic mass is 10.1. The molecule has 1 aromatic heterocycles. The molecule has 0 aliphatic carbocycles. The summed E-state index contributed by atoms with van der Waals surface area (Å²) in [6, 6.07) is 2.11. The number of carbonyl (C=O) groups excluding carboxylic acids is 1. The maximum atomic E-state index is 11.0. The quantitative estimate of drug-likeness (QED) is 0.537. The van der Waals surface area contributed by atoms with Crippen LogP contribution in [0.4, 0.5) is 5.82 Å². The summed E-state index contributed by atoms with van der Waals surface area (Å²) >= 11 is 0. The highest BCUT2D eigenvalue weighted by atomic mass is 16.1. The molecule has 0 aromatic carbocycles. The maximum Gasteiger partial charge on any atom is 0.217 e. The first kappa shape index (κ1) is 14.7. The average Bonchev–Trinajstić information content (AvgIpc) is 2.39. The van der Waals surface area contributed by atoms with Crippen molar-refractivity contribution >= 4 is 11.7 Å². The number of piperidine rings is 1. The predicted octanol–water partition coefficient (Wildman–Crippen LogP) is 0.171. The van der Waals surface area contributed by atoms with E-state index in [4.69, 9.17) is 5.84 Å². The Labute approximate surface area is 118 Å². The molecule has 0 bridgehead atoms. The normalized spacial score (nSPS) is 16.9. The van der Waals surface area contributed by atoms with Gasteiger partial charge < -0.3 is 10.7 Å². The van der Waals surface area contributed by atoms with Gasteiger partial charge in [-0.15, -0.1) is 0 Å². The van der Waals surface area contributed by atoms with Crippen LogP contribution < -0.4 is 16.6 Å². The molecular formula is C13H22N6O. The van der Waals surface area contributed by atoms with Gasteiger partial charge in [0.15, 0.2) is 0 Å². The number of hydrogen-bond donors (Lipinski definition) is 3. The first-order valence-corrected chi connectivity index (χ1v) is 6.87. The van der Waals surface area contributed by atoms with Crippen LogP contribution in [0.5, 0.6) is 0 Å². The molecule has 1 fully saturated rings. The fourth-order valence-corrected chi connectivity index (χ4v) is 2.50. The van der Waals surface area contributed by atoms with Crippen molar-refractivity contribution in [2.24, 2.45) is 5.84 Å². The van der Waals surface area contributed by atoms with Crippen LogP contribution in [0.3, 0.4) is 0 Å². The van der Waals surface area contributed by atoms with Gasteiger partial charge in [0.05, 0.1) is 6.54 Å². The van der Waals surface area contributed by atoms with E-state index in [-0.39, 0.29) is 5.91 Å². The molecule has 4 N–H and O–H groups in total. The lowest BCUT2D eigenvalue weighted by molar-refractivity contribution is -0.119. The minimum Gasteiger partial charge on any atom is -0.354 e. The highest BCUT2D eigenvalue weighted by Crippen LogP contribution is 2.13. The number of aromatic nitrogens is 2. The minimum absolute atomic E-state index is 0.0455. The SMILES string of the molecule is CC(=O)NC1CCN(Cc2nc(C)cc(NN)n2)CC1. The number of rotatable bonds is 4. The van der Waals surface area contributed by atoms with Crippen LogP contribution in [0.25, 0.3) is 0 Å². The van der Waals surface area contributed by atoms with Crippen molar-refractivity contribution in [1.82, 2.24) is 20.2 Å². The fourth-order valence-electron chi connectivity index (χ4n) is 2.50. The Morgan fingerprint density at radius 3 is 2.75 bits per heavy atom. The summed E-state index contributed by atoms with van der Waals surface area (Å²) in [5.41, 5.74) is 3.46. The monoisotopic (exact) mass is 278 g/mol. The van der Waals surface area contributed by atoms with Crippen molar-refractivity contribution in [2.45, 2.75) is 39.3 Å². The average molecular weight is 278 g/mol. The largest absolute Gasteiger partial charge is 0.354 e. The summed E-state index contributed by atoms with van der Waals surface area (Å²) in [5, 5.41) is 2.97. The molecule has 1 aliphatic rings. The lowest BCUT2D eigenvalue weighted by Gasteiger charge is -2.31. The third-order valence-electron chi connectivity index (χ3n) is 3.41. The van der Waals surface area contributed by atoms with Gasteiger partial charge in [-0.25, -0.2) is 15.8 Å². The van der Waals surface area contributed by atoms with Crippen molar-refractivity contribution in [3.05, 3.63) is 17.6 Å². The van der Waals surface area contributed by atoms with Crippen molar-refractivity contribution in [3.8, 4) is 0 Å². The van der Waals surface area contributed by atoms with Crippen LogP contribution in [0.15, 0.2) is 6.07 Å².